The largest absolute Gasteiger partial charge is 0.331 e. The second kappa shape index (κ2) is 7.40. The zero-order chi connectivity index (χ0) is 17.8. The maximum atomic E-state index is 13.4. The Morgan fingerprint density at radius 3 is 2.76 bits per heavy atom. The minimum absolute atomic E-state index is 0.314. The van der Waals surface area contributed by atoms with Crippen LogP contribution in [-0.2, 0) is 6.54 Å². The fraction of sp³-hybridized carbons (Fsp3) is 0.167. The molecule has 2 N–H and O–H groups in total. The summed E-state index contributed by atoms with van der Waals surface area (Å²) in [7, 11) is 0. The number of anilines is 1. The first-order valence-electron chi connectivity index (χ1n) is 7.69. The van der Waals surface area contributed by atoms with Crippen LogP contribution in [0.1, 0.15) is 16.3 Å². The number of carbonyl (C=O) groups is 1. The number of aryl methyl sites for hydroxylation is 2. The molecule has 0 unspecified atom stereocenters. The molecule has 128 valence electrons. The summed E-state index contributed by atoms with van der Waals surface area (Å²) in [5.74, 6) is -0.399. The lowest BCUT2D eigenvalue weighted by Crippen LogP contribution is -2.28. The second-order valence-corrected chi connectivity index (χ2v) is 6.55. The molecule has 0 saturated carbocycles. The van der Waals surface area contributed by atoms with Crippen LogP contribution < -0.4 is 10.6 Å². The van der Waals surface area contributed by atoms with Crippen molar-refractivity contribution in [1.82, 2.24) is 15.3 Å². The van der Waals surface area contributed by atoms with Gasteiger partial charge in [0.05, 0.1) is 12.7 Å². The van der Waals surface area contributed by atoms with Gasteiger partial charge in [-0.15, -0.1) is 11.3 Å². The molecular formula is C18H17FN4OS. The Labute approximate surface area is 149 Å². The normalized spacial score (nSPS) is 10.5. The summed E-state index contributed by atoms with van der Waals surface area (Å²) in [5, 5.41) is 8.40. The monoisotopic (exact) mass is 356 g/mol. The van der Waals surface area contributed by atoms with Gasteiger partial charge in [-0.1, -0.05) is 12.1 Å². The lowest BCUT2D eigenvalue weighted by molar-refractivity contribution is 0.251. The molecule has 0 radical (unpaired) electrons. The first-order chi connectivity index (χ1) is 12.0. The van der Waals surface area contributed by atoms with E-state index < -0.39 is 5.82 Å². The summed E-state index contributed by atoms with van der Waals surface area (Å²) < 4.78 is 13.4. The van der Waals surface area contributed by atoms with E-state index in [9.17, 15) is 9.18 Å². The highest BCUT2D eigenvalue weighted by molar-refractivity contribution is 7.09. The Kier molecular flexibility index (Phi) is 5.04. The molecule has 3 aromatic rings. The molecule has 0 atom stereocenters. The van der Waals surface area contributed by atoms with Crippen LogP contribution in [0, 0.1) is 19.7 Å². The number of nitrogens with one attached hydrogen (secondary N) is 2. The van der Waals surface area contributed by atoms with E-state index in [1.165, 1.54) is 17.4 Å². The van der Waals surface area contributed by atoms with Crippen molar-refractivity contribution in [3.8, 4) is 11.1 Å². The van der Waals surface area contributed by atoms with Crippen LogP contribution in [0.3, 0.4) is 0 Å². The zero-order valence-electron chi connectivity index (χ0n) is 13.8. The van der Waals surface area contributed by atoms with E-state index in [4.69, 9.17) is 0 Å². The number of thiazole rings is 1. The average molecular weight is 356 g/mol. The third-order valence-corrected chi connectivity index (χ3v) is 4.56. The predicted octanol–water partition coefficient (Wildman–Crippen LogP) is 4.28. The van der Waals surface area contributed by atoms with Gasteiger partial charge in [-0.3, -0.25) is 4.98 Å². The first-order valence-corrected chi connectivity index (χ1v) is 8.56. The van der Waals surface area contributed by atoms with Crippen LogP contribution in [0.25, 0.3) is 11.1 Å². The van der Waals surface area contributed by atoms with E-state index in [0.717, 1.165) is 28.0 Å². The molecule has 25 heavy (non-hydrogen) atoms. The molecular weight excluding hydrogens is 339 g/mol. The number of pyridine rings is 1. The number of halogens is 1. The molecule has 5 nitrogen and oxygen atoms in total. The smallest absolute Gasteiger partial charge is 0.319 e. The standard InChI is InChI=1S/C18H17FN4OS/c1-11-3-4-13(14-5-15(19)8-20-7-14)6-16(11)23-18(24)21-9-17-22-12(2)10-25-17/h3-8,10H,9H2,1-2H3,(H2,21,23,24). The third kappa shape index (κ3) is 4.39. The molecule has 2 amide bonds. The van der Waals surface area contributed by atoms with Crippen LogP contribution in [0.2, 0.25) is 0 Å². The van der Waals surface area contributed by atoms with Crippen molar-refractivity contribution in [1.29, 1.82) is 0 Å². The molecule has 0 aliphatic rings. The highest BCUT2D eigenvalue weighted by Crippen LogP contribution is 2.25. The number of urea groups is 1. The van der Waals surface area contributed by atoms with Crippen LogP contribution >= 0.6 is 11.3 Å². The number of hydrogen-bond acceptors (Lipinski definition) is 4. The van der Waals surface area contributed by atoms with Gasteiger partial charge in [0.1, 0.15) is 10.8 Å². The Hall–Kier alpha value is -2.80. The minimum atomic E-state index is -0.399. The van der Waals surface area contributed by atoms with E-state index in [-0.39, 0.29) is 6.03 Å². The number of benzene rings is 1. The van der Waals surface area contributed by atoms with Crippen molar-refractivity contribution < 1.29 is 9.18 Å². The molecule has 7 heteroatoms. The Morgan fingerprint density at radius 2 is 2.04 bits per heavy atom. The van der Waals surface area contributed by atoms with Gasteiger partial charge in [0.25, 0.3) is 0 Å². The summed E-state index contributed by atoms with van der Waals surface area (Å²) >= 11 is 1.51. The summed E-state index contributed by atoms with van der Waals surface area (Å²) in [5.41, 5.74) is 3.95. The van der Waals surface area contributed by atoms with Crippen molar-refractivity contribution in [3.63, 3.8) is 0 Å². The second-order valence-electron chi connectivity index (χ2n) is 5.61. The van der Waals surface area contributed by atoms with Crippen molar-refractivity contribution in [2.24, 2.45) is 0 Å². The highest BCUT2D eigenvalue weighted by atomic mass is 32.1. The molecule has 3 rings (SSSR count). The molecule has 0 aliphatic heterocycles. The zero-order valence-corrected chi connectivity index (χ0v) is 14.7. The molecule has 0 saturated heterocycles. The topological polar surface area (TPSA) is 66.9 Å². The Bertz CT molecular complexity index is 910. The maximum absolute atomic E-state index is 13.4. The number of carbonyl (C=O) groups excluding carboxylic acids is 1. The van der Waals surface area contributed by atoms with Gasteiger partial charge in [0.2, 0.25) is 0 Å². The number of nitrogens with zero attached hydrogens (tertiary/aromatic N) is 2. The fourth-order valence-corrected chi connectivity index (χ4v) is 3.02. The van der Waals surface area contributed by atoms with E-state index in [2.05, 4.69) is 20.6 Å². The lowest BCUT2D eigenvalue weighted by Gasteiger charge is -2.11. The molecule has 1 aromatic carbocycles. The maximum Gasteiger partial charge on any atom is 0.319 e. The van der Waals surface area contributed by atoms with Gasteiger partial charge in [-0.25, -0.2) is 14.2 Å². The average Bonchev–Trinajstić information content (AvgIpc) is 3.00. The number of aromatic nitrogens is 2. The minimum Gasteiger partial charge on any atom is -0.331 e. The van der Waals surface area contributed by atoms with Crippen molar-refractivity contribution in [3.05, 3.63) is 64.1 Å². The molecule has 2 aromatic heterocycles. The van der Waals surface area contributed by atoms with E-state index >= 15 is 0 Å². The first kappa shape index (κ1) is 17.0. The summed E-state index contributed by atoms with van der Waals surface area (Å²) in [4.78, 5) is 20.3. The van der Waals surface area contributed by atoms with Crippen LogP contribution in [0.4, 0.5) is 14.9 Å². The number of amides is 2. The molecule has 0 fully saturated rings. The van der Waals surface area contributed by atoms with E-state index in [1.807, 2.05) is 31.4 Å². The summed E-state index contributed by atoms with van der Waals surface area (Å²) in [6.07, 6.45) is 2.74. The van der Waals surface area contributed by atoms with Gasteiger partial charge in [0.15, 0.2) is 0 Å². The molecule has 0 spiro atoms. The highest BCUT2D eigenvalue weighted by Gasteiger charge is 2.08. The fourth-order valence-electron chi connectivity index (χ4n) is 2.31. The SMILES string of the molecule is Cc1csc(CNC(=O)Nc2cc(-c3cncc(F)c3)ccc2C)n1. The van der Waals surface area contributed by atoms with Crippen molar-refractivity contribution in [2.45, 2.75) is 20.4 Å². The van der Waals surface area contributed by atoms with Crippen LogP contribution in [0.15, 0.2) is 42.0 Å². The van der Waals surface area contributed by atoms with Gasteiger partial charge in [0, 0.05) is 28.5 Å². The van der Waals surface area contributed by atoms with Crippen molar-refractivity contribution in [2.75, 3.05) is 5.32 Å². The number of rotatable bonds is 4. The van der Waals surface area contributed by atoms with E-state index in [1.54, 1.807) is 12.3 Å². The van der Waals surface area contributed by atoms with Gasteiger partial charge in [-0.05, 0) is 37.1 Å². The van der Waals surface area contributed by atoms with Crippen LogP contribution in [-0.4, -0.2) is 16.0 Å². The van der Waals surface area contributed by atoms with Gasteiger partial charge < -0.3 is 10.6 Å². The van der Waals surface area contributed by atoms with Crippen molar-refractivity contribution >= 4 is 23.1 Å². The molecule has 0 bridgehead atoms. The third-order valence-electron chi connectivity index (χ3n) is 3.59. The quantitative estimate of drug-likeness (QED) is 0.733. The molecule has 0 aliphatic carbocycles. The lowest BCUT2D eigenvalue weighted by atomic mass is 10.0. The van der Waals surface area contributed by atoms with E-state index in [0.29, 0.717) is 17.8 Å². The summed E-state index contributed by atoms with van der Waals surface area (Å²) in [6, 6.07) is 6.64. The summed E-state index contributed by atoms with van der Waals surface area (Å²) in [6.45, 7) is 4.18. The Balaban J connectivity index is 1.71. The van der Waals surface area contributed by atoms with Gasteiger partial charge in [-0.2, -0.15) is 0 Å². The Morgan fingerprint density at radius 1 is 1.20 bits per heavy atom. The van der Waals surface area contributed by atoms with Crippen LogP contribution in [0.5, 0.6) is 0 Å². The van der Waals surface area contributed by atoms with Gasteiger partial charge >= 0.3 is 6.03 Å². The molecule has 2 heterocycles. The number of hydrogen-bond donors (Lipinski definition) is 2. The predicted molar refractivity (Wildman–Crippen MR) is 97.1 cm³/mol.